The van der Waals surface area contributed by atoms with Gasteiger partial charge in [-0.25, -0.2) is 0 Å². The lowest BCUT2D eigenvalue weighted by Gasteiger charge is -2.40. The predicted octanol–water partition coefficient (Wildman–Crippen LogP) is 1.49. The zero-order chi connectivity index (χ0) is 19.2. The van der Waals surface area contributed by atoms with Gasteiger partial charge in [-0.05, 0) is 44.2 Å². The van der Waals surface area contributed by atoms with Crippen molar-refractivity contribution in [2.24, 2.45) is 5.92 Å². The van der Waals surface area contributed by atoms with E-state index in [1.807, 2.05) is 0 Å². The summed E-state index contributed by atoms with van der Waals surface area (Å²) in [5.74, 6) is 2.53. The molecular weight excluding hydrogens is 346 g/mol. The van der Waals surface area contributed by atoms with Crippen molar-refractivity contribution in [1.29, 1.82) is 0 Å². The van der Waals surface area contributed by atoms with E-state index in [9.17, 15) is 5.11 Å². The molecular formula is C21H32NO5+. The highest BCUT2D eigenvalue weighted by atomic mass is 16.7. The Hall–Kier alpha value is -1.50. The molecule has 4 rings (SSSR count). The van der Waals surface area contributed by atoms with Crippen LogP contribution in [0.2, 0.25) is 0 Å². The molecule has 3 aliphatic heterocycles. The molecule has 1 saturated heterocycles. The highest BCUT2D eigenvalue weighted by Gasteiger charge is 2.40. The fraction of sp³-hybridized carbons (Fsp3) is 0.714. The number of fused-ring (bicyclic) bond motifs is 2. The summed E-state index contributed by atoms with van der Waals surface area (Å²) in [6, 6.07) is 2.28. The van der Waals surface area contributed by atoms with Crippen LogP contribution in [0.3, 0.4) is 0 Å². The third-order valence-corrected chi connectivity index (χ3v) is 6.44. The van der Waals surface area contributed by atoms with E-state index in [-0.39, 0.29) is 30.5 Å². The van der Waals surface area contributed by atoms with E-state index < -0.39 is 0 Å². The second kappa shape index (κ2) is 7.15. The normalized spacial score (nSPS) is 29.9. The summed E-state index contributed by atoms with van der Waals surface area (Å²) >= 11 is 0. The number of nitrogens with one attached hydrogen (secondary N) is 1. The van der Waals surface area contributed by atoms with E-state index in [4.69, 9.17) is 18.9 Å². The van der Waals surface area contributed by atoms with Gasteiger partial charge in [0.1, 0.15) is 6.04 Å². The van der Waals surface area contributed by atoms with Gasteiger partial charge < -0.3 is 29.0 Å². The molecule has 3 heterocycles. The molecule has 1 aromatic carbocycles. The fourth-order valence-electron chi connectivity index (χ4n) is 4.98. The topological polar surface area (TPSA) is 61.6 Å². The van der Waals surface area contributed by atoms with Crippen molar-refractivity contribution in [3.63, 3.8) is 0 Å². The molecule has 4 atom stereocenters. The SMILES string of the molecule is COc1c2c(cc3c1[C@@H](C[C@@H](O)[C@@H]1CCOC(C)(C)C1)[NH+](C)CC3)OCO2. The van der Waals surface area contributed by atoms with Crippen LogP contribution in [-0.2, 0) is 11.2 Å². The summed E-state index contributed by atoms with van der Waals surface area (Å²) in [4.78, 5) is 1.41. The smallest absolute Gasteiger partial charge is 0.231 e. The summed E-state index contributed by atoms with van der Waals surface area (Å²) in [5.41, 5.74) is 2.28. The Balaban J connectivity index is 1.62. The molecule has 6 heteroatoms. The summed E-state index contributed by atoms with van der Waals surface area (Å²) in [6.45, 7) is 6.22. The molecule has 3 aliphatic rings. The van der Waals surface area contributed by atoms with E-state index >= 15 is 0 Å². The number of aliphatic hydroxyl groups excluding tert-OH is 1. The lowest BCUT2D eigenvalue weighted by molar-refractivity contribution is -0.915. The van der Waals surface area contributed by atoms with Gasteiger partial charge in [0.2, 0.25) is 12.5 Å². The lowest BCUT2D eigenvalue weighted by atomic mass is 9.80. The Morgan fingerprint density at radius 3 is 2.93 bits per heavy atom. The van der Waals surface area contributed by atoms with E-state index in [2.05, 4.69) is 27.0 Å². The summed E-state index contributed by atoms with van der Waals surface area (Å²) < 4.78 is 22.9. The average Bonchev–Trinajstić information content (AvgIpc) is 3.09. The third kappa shape index (κ3) is 3.50. The van der Waals surface area contributed by atoms with Crippen molar-refractivity contribution in [2.45, 2.75) is 57.3 Å². The zero-order valence-corrected chi connectivity index (χ0v) is 16.8. The first-order valence-electron chi connectivity index (χ1n) is 10.0. The molecule has 27 heavy (non-hydrogen) atoms. The molecule has 1 unspecified atom stereocenters. The second-order valence-electron chi connectivity index (χ2n) is 8.78. The molecule has 6 nitrogen and oxygen atoms in total. The number of benzene rings is 1. The van der Waals surface area contributed by atoms with E-state index in [0.717, 1.165) is 50.3 Å². The van der Waals surface area contributed by atoms with Gasteiger partial charge in [0.15, 0.2) is 11.5 Å². The molecule has 0 amide bonds. The summed E-state index contributed by atoms with van der Waals surface area (Å²) in [7, 11) is 3.90. The minimum atomic E-state index is -0.353. The van der Waals surface area contributed by atoms with Crippen LogP contribution in [0, 0.1) is 5.92 Å². The number of quaternary nitrogens is 1. The maximum absolute atomic E-state index is 11.1. The van der Waals surface area contributed by atoms with Crippen LogP contribution in [0.4, 0.5) is 0 Å². The Morgan fingerprint density at radius 2 is 2.19 bits per heavy atom. The van der Waals surface area contributed by atoms with Crippen molar-refractivity contribution in [1.82, 2.24) is 0 Å². The van der Waals surface area contributed by atoms with Crippen molar-refractivity contribution >= 4 is 0 Å². The molecule has 1 aromatic rings. The molecule has 0 spiro atoms. The molecule has 0 radical (unpaired) electrons. The highest BCUT2D eigenvalue weighted by Crippen LogP contribution is 2.48. The number of hydrogen-bond acceptors (Lipinski definition) is 5. The Morgan fingerprint density at radius 1 is 1.37 bits per heavy atom. The van der Waals surface area contributed by atoms with Crippen LogP contribution in [0.5, 0.6) is 17.2 Å². The van der Waals surface area contributed by atoms with E-state index in [1.165, 1.54) is 16.0 Å². The summed E-state index contributed by atoms with van der Waals surface area (Å²) in [6.07, 6.45) is 3.15. The molecule has 0 saturated carbocycles. The van der Waals surface area contributed by atoms with Crippen LogP contribution < -0.4 is 19.1 Å². The number of likely N-dealkylation sites (N-methyl/N-ethyl adjacent to an activating group) is 1. The maximum atomic E-state index is 11.1. The van der Waals surface area contributed by atoms with Crippen LogP contribution in [0.25, 0.3) is 0 Å². The number of rotatable bonds is 4. The van der Waals surface area contributed by atoms with Crippen molar-refractivity contribution in [2.75, 3.05) is 34.1 Å². The van der Waals surface area contributed by atoms with Gasteiger partial charge >= 0.3 is 0 Å². The predicted molar refractivity (Wildman–Crippen MR) is 101 cm³/mol. The standard InChI is InChI=1S/C21H31NO5/c1-21(2)11-14(6-8-27-21)16(23)10-15-18-13(5-7-22(15)3)9-17-19(20(18)24-4)26-12-25-17/h9,14-16,23H,5-8,10-12H2,1-4H3/p+1/t14-,15-,16-/m1/s1. The minimum absolute atomic E-state index is 0.156. The quantitative estimate of drug-likeness (QED) is 0.831. The van der Waals surface area contributed by atoms with E-state index in [0.29, 0.717) is 5.75 Å². The minimum Gasteiger partial charge on any atom is -0.492 e. The third-order valence-electron chi connectivity index (χ3n) is 6.44. The van der Waals surface area contributed by atoms with Gasteiger partial charge in [-0.15, -0.1) is 0 Å². The Kier molecular flexibility index (Phi) is 4.99. The number of methoxy groups -OCH3 is 1. The molecule has 0 aromatic heterocycles. The van der Waals surface area contributed by atoms with Crippen LogP contribution >= 0.6 is 0 Å². The monoisotopic (exact) mass is 378 g/mol. The molecule has 2 N–H and O–H groups in total. The zero-order valence-electron chi connectivity index (χ0n) is 16.8. The van der Waals surface area contributed by atoms with E-state index in [1.54, 1.807) is 7.11 Å². The highest BCUT2D eigenvalue weighted by molar-refractivity contribution is 5.61. The summed E-state index contributed by atoms with van der Waals surface area (Å²) in [5, 5.41) is 11.1. The van der Waals surface area contributed by atoms with Gasteiger partial charge in [0.25, 0.3) is 0 Å². The first kappa shape index (κ1) is 18.8. The first-order valence-corrected chi connectivity index (χ1v) is 10.0. The van der Waals surface area contributed by atoms with Crippen LogP contribution in [-0.4, -0.2) is 50.9 Å². The van der Waals surface area contributed by atoms with Gasteiger partial charge in [0, 0.05) is 19.4 Å². The van der Waals surface area contributed by atoms with Crippen molar-refractivity contribution < 1.29 is 29.0 Å². The number of ether oxygens (including phenoxy) is 4. The molecule has 0 aliphatic carbocycles. The maximum Gasteiger partial charge on any atom is 0.231 e. The number of aliphatic hydroxyl groups is 1. The Labute approximate surface area is 161 Å². The van der Waals surface area contributed by atoms with Crippen LogP contribution in [0.15, 0.2) is 6.07 Å². The van der Waals surface area contributed by atoms with Crippen molar-refractivity contribution in [3.05, 3.63) is 17.2 Å². The second-order valence-corrected chi connectivity index (χ2v) is 8.78. The molecule has 150 valence electrons. The van der Waals surface area contributed by atoms with Gasteiger partial charge in [-0.3, -0.25) is 0 Å². The fourth-order valence-corrected chi connectivity index (χ4v) is 4.98. The lowest BCUT2D eigenvalue weighted by Crippen LogP contribution is -3.10. The van der Waals surface area contributed by atoms with Gasteiger partial charge in [0.05, 0.1) is 38.0 Å². The first-order chi connectivity index (χ1) is 12.9. The van der Waals surface area contributed by atoms with Gasteiger partial charge in [-0.2, -0.15) is 0 Å². The number of hydrogen-bond donors (Lipinski definition) is 2. The molecule has 1 fully saturated rings. The largest absolute Gasteiger partial charge is 0.492 e. The Bertz CT molecular complexity index is 704. The average molecular weight is 378 g/mol. The van der Waals surface area contributed by atoms with Gasteiger partial charge in [-0.1, -0.05) is 0 Å². The molecule has 0 bridgehead atoms. The van der Waals surface area contributed by atoms with Crippen molar-refractivity contribution in [3.8, 4) is 17.2 Å². The van der Waals surface area contributed by atoms with Crippen LogP contribution in [0.1, 0.15) is 50.3 Å².